The first-order valence-corrected chi connectivity index (χ1v) is 35.4. The molecular formula is C61H68BrF10IN6NaO17S-. The number of amides is 8. The maximum absolute atomic E-state index is 13.0. The monoisotopic (exact) mass is 1610 g/mol. The molecule has 3 aromatic carbocycles. The van der Waals surface area contributed by atoms with Gasteiger partial charge in [0.15, 0.2) is 6.07 Å². The van der Waals surface area contributed by atoms with Gasteiger partial charge in [0.2, 0.25) is 34.8 Å². The summed E-state index contributed by atoms with van der Waals surface area (Å²) in [6.07, 6.45) is 2.85. The van der Waals surface area contributed by atoms with E-state index in [4.69, 9.17) is 17.9 Å². The molecule has 0 unspecified atom stereocenters. The standard InChI is InChI=1S/C12H11N.C10H7F5O2.C10H7F4O2.C8H11NO4.C7H9NO2.C5H9BrIO.C5H7N3O2.C4H7FO.Na.O3S/c1-10(2)12-7-5-11(6-8-12)4-3-9-13;1-3(2)10(16)17-9-7(14)5(12)4(11)6(13)8(9)15;1-4(2)10(15)16-9-7(13)5(11)3-6(12)8(9)14;1-5(2)8(12)13-9-6(10)3-4-7(9)11;1-5(2)8-6(9)3-4-7(8)10;1-4(2)5(8)3-7-6;1-3(2)8-4(9)6-7-5(8)10;1-3(2)4(5)6;;1-4(2)3/h5-8,10H,1-2H3;3H,1-2H3;4H,1-2H3;5H,3-4H2,1-2H3;3-5H,1-2H3;4H,3H2,1-2H3;3H,1-2H3;3H,1-2H3;;/q;;-1;;;-1;;;+1;. The SMILES string of the molecule is CC(C)C(=O)C[I-]Br.CC(C)C(=O)F.CC(C)C(=O)ON1C(=O)CCC1=O.CC(C)C(=O)Oc1c(F)c(F)[c-]c(F)c1F.CC(C)C(=O)Oc1c(F)c(F)c(F)c(F)c1F.CC(C)N1C(=O)C=CC1=O.CC(C)N1C(=O)N=NC1=O.CC(C)c1ccc(C#CC#N)cc1.O=S(=O)=O.[Na+]. The fourth-order valence-corrected chi connectivity index (χ4v) is 8.00. The maximum atomic E-state index is 13.0. The van der Waals surface area contributed by atoms with Gasteiger partial charge in [0.1, 0.15) is 0 Å². The number of Topliss-reactive ketones (excluding diaryl/α,β-unsaturated/α-hetero) is 1. The van der Waals surface area contributed by atoms with Crippen molar-refractivity contribution in [2.24, 2.45) is 39.8 Å². The molecule has 8 amide bonds. The van der Waals surface area contributed by atoms with E-state index >= 15 is 0 Å². The Balaban J connectivity index is -0.000000518. The molecule has 1 fully saturated rings. The van der Waals surface area contributed by atoms with Gasteiger partial charge in [0, 0.05) is 54.5 Å². The zero-order valence-corrected chi connectivity index (χ0v) is 62.3. The number of esters is 2. The predicted molar refractivity (Wildman–Crippen MR) is 320 cm³/mol. The quantitative estimate of drug-likeness (QED) is 0.0155. The van der Waals surface area contributed by atoms with E-state index in [1.807, 2.05) is 52.0 Å². The number of rotatable bonds is 13. The summed E-state index contributed by atoms with van der Waals surface area (Å²) >= 11 is 3.30. The summed E-state index contributed by atoms with van der Waals surface area (Å²) in [6.45, 7) is 27.0. The molecule has 98 heavy (non-hydrogen) atoms. The molecule has 0 saturated carbocycles. The molecule has 3 aliphatic rings. The molecule has 0 aliphatic carbocycles. The largest absolute Gasteiger partial charge is 1.00 e. The van der Waals surface area contributed by atoms with E-state index in [1.165, 1.54) is 70.2 Å². The first-order chi connectivity index (χ1) is 44.7. The third kappa shape index (κ3) is 36.3. The van der Waals surface area contributed by atoms with Gasteiger partial charge in [-0.3, -0.25) is 47.2 Å². The van der Waals surface area contributed by atoms with Crippen molar-refractivity contribution < 1.29 is 172 Å². The van der Waals surface area contributed by atoms with Crippen molar-refractivity contribution in [1.82, 2.24) is 14.9 Å². The molecule has 6 rings (SSSR count). The van der Waals surface area contributed by atoms with Gasteiger partial charge in [0.05, 0.1) is 46.8 Å². The van der Waals surface area contributed by atoms with Gasteiger partial charge < -0.3 is 14.3 Å². The molecule has 3 aromatic rings. The number of urea groups is 2. The van der Waals surface area contributed by atoms with E-state index in [0.29, 0.717) is 16.8 Å². The summed E-state index contributed by atoms with van der Waals surface area (Å²) in [5, 5.41) is 15.0. The average molecular weight is 1610 g/mol. The van der Waals surface area contributed by atoms with Crippen LogP contribution in [-0.2, 0) is 58.6 Å². The van der Waals surface area contributed by atoms with Crippen LogP contribution in [-0.4, -0.2) is 109 Å². The number of nitrogens with zero attached hydrogens (tertiary/aromatic N) is 6. The average Bonchev–Trinajstić information content (AvgIpc) is 1.30. The minimum absolute atomic E-state index is 0. The third-order valence-corrected chi connectivity index (χ3v) is 13.3. The molecule has 536 valence electrons. The summed E-state index contributed by atoms with van der Waals surface area (Å²) in [4.78, 5) is 125. The molecule has 3 heterocycles. The van der Waals surface area contributed by atoms with E-state index in [0.717, 1.165) is 14.9 Å². The molecule has 0 atom stereocenters. The molecular weight excluding hydrogens is 1540 g/mol. The number of hydroxylamine groups is 2. The van der Waals surface area contributed by atoms with E-state index in [1.54, 1.807) is 33.8 Å². The van der Waals surface area contributed by atoms with Crippen LogP contribution in [0, 0.1) is 111 Å². The van der Waals surface area contributed by atoms with Gasteiger partial charge in [-0.05, 0) is 51.3 Å². The number of ketones is 1. The Bertz CT molecular complexity index is 3450. The van der Waals surface area contributed by atoms with Crippen LogP contribution in [0.5, 0.6) is 11.5 Å². The Morgan fingerprint density at radius 2 is 0.918 bits per heavy atom. The normalized spacial score (nSPS) is 12.3. The number of hydrogen-bond donors (Lipinski definition) is 0. The van der Waals surface area contributed by atoms with E-state index in [-0.39, 0.29) is 97.1 Å². The van der Waals surface area contributed by atoms with Gasteiger partial charge in [-0.2, -0.15) is 18.4 Å². The van der Waals surface area contributed by atoms with Crippen molar-refractivity contribution in [3.8, 4) is 29.4 Å². The Labute approximate surface area is 598 Å². The Hall–Kier alpha value is -7.65. The first-order valence-electron chi connectivity index (χ1n) is 28.0. The Morgan fingerprint density at radius 1 is 0.571 bits per heavy atom. The summed E-state index contributed by atoms with van der Waals surface area (Å²) in [5.41, 5.74) is 2.19. The number of alkyl halides is 1. The number of halogens is 12. The molecule has 0 N–H and O–H groups in total. The van der Waals surface area contributed by atoms with Crippen LogP contribution in [0.1, 0.15) is 141 Å². The number of azo groups is 1. The molecule has 0 spiro atoms. The van der Waals surface area contributed by atoms with Crippen molar-refractivity contribution in [2.45, 2.75) is 142 Å². The van der Waals surface area contributed by atoms with Gasteiger partial charge >= 0.3 is 143 Å². The van der Waals surface area contributed by atoms with Crippen LogP contribution >= 0.6 is 12.7 Å². The second-order valence-corrected chi connectivity index (χ2v) is 25.9. The molecule has 0 aromatic heterocycles. The first kappa shape index (κ1) is 96.7. The number of imide groups is 3. The molecule has 23 nitrogen and oxygen atoms in total. The fraction of sp³-hybridized carbons (Fsp3) is 0.443. The topological polar surface area (TPSA) is 325 Å². The molecule has 0 bridgehead atoms. The van der Waals surface area contributed by atoms with Gasteiger partial charge in [-0.15, -0.1) is 23.8 Å². The van der Waals surface area contributed by atoms with Crippen molar-refractivity contribution in [3.63, 3.8) is 0 Å². The van der Waals surface area contributed by atoms with Crippen molar-refractivity contribution in [2.75, 3.05) is 4.43 Å². The van der Waals surface area contributed by atoms with Crippen molar-refractivity contribution in [1.29, 1.82) is 5.26 Å². The zero-order chi connectivity index (χ0) is 76.2. The van der Waals surface area contributed by atoms with Crippen LogP contribution in [0.2, 0.25) is 0 Å². The van der Waals surface area contributed by atoms with Gasteiger partial charge in [-0.1, -0.05) is 97.5 Å². The van der Waals surface area contributed by atoms with Crippen molar-refractivity contribution in [3.05, 3.63) is 106 Å². The number of ether oxygens (including phenoxy) is 2. The Kier molecular flexibility index (Phi) is 48.3. The molecule has 0 radical (unpaired) electrons. The van der Waals surface area contributed by atoms with E-state index < -0.39 is 140 Å². The van der Waals surface area contributed by atoms with Crippen LogP contribution in [0.4, 0.5) is 53.5 Å². The fourth-order valence-electron chi connectivity index (χ4n) is 5.44. The summed E-state index contributed by atoms with van der Waals surface area (Å²) in [5.74, 6) is -20.9. The Morgan fingerprint density at radius 3 is 1.18 bits per heavy atom. The third-order valence-electron chi connectivity index (χ3n) is 10.8. The maximum Gasteiger partial charge on any atom is 1.00 e. The smallest absolute Gasteiger partial charge is 0.447 e. The predicted octanol–water partition coefficient (Wildman–Crippen LogP) is 5.95. The molecule has 37 heteroatoms. The second kappa shape index (κ2) is 49.0. The zero-order valence-electron chi connectivity index (χ0n) is 55.8. The number of nitriles is 1. The van der Waals surface area contributed by atoms with Crippen LogP contribution in [0.3, 0.4) is 0 Å². The van der Waals surface area contributed by atoms with Gasteiger partial charge in [0.25, 0.3) is 23.6 Å². The molecule has 1 saturated heterocycles. The van der Waals surface area contributed by atoms with E-state index in [9.17, 15) is 96.6 Å². The molecule has 3 aliphatic heterocycles. The summed E-state index contributed by atoms with van der Waals surface area (Å²) in [7, 11) is -3.11. The van der Waals surface area contributed by atoms with Crippen LogP contribution in [0.25, 0.3) is 0 Å². The number of carbonyl (C=O) groups is 11. The second-order valence-electron chi connectivity index (χ2n) is 21.3. The number of benzene rings is 3. The van der Waals surface area contributed by atoms with Gasteiger partial charge in [-0.25, -0.2) is 41.2 Å². The number of hydrogen-bond acceptors (Lipinski definition) is 18. The van der Waals surface area contributed by atoms with Crippen LogP contribution in [0.15, 0.2) is 46.6 Å². The summed E-state index contributed by atoms with van der Waals surface area (Å²) < 4.78 is 161. The summed E-state index contributed by atoms with van der Waals surface area (Å²) in [6, 6.07) is 8.38. The van der Waals surface area contributed by atoms with Crippen molar-refractivity contribution >= 4 is 88.7 Å². The minimum atomic E-state index is -3.11. The van der Waals surface area contributed by atoms with Crippen LogP contribution < -0.4 is 58.0 Å². The van der Waals surface area contributed by atoms with E-state index in [2.05, 4.69) is 62.9 Å². The number of carbonyl (C=O) groups excluding carboxylic acids is 11. The minimum Gasteiger partial charge on any atom is -0.447 e.